The first-order valence-corrected chi connectivity index (χ1v) is 5.85. The third-order valence-corrected chi connectivity index (χ3v) is 2.72. The van der Waals surface area contributed by atoms with Gasteiger partial charge in [-0.3, -0.25) is 0 Å². The fraction of sp³-hybridized carbons (Fsp3) is 0.200. The molecule has 0 aromatic heterocycles. The van der Waals surface area contributed by atoms with Crippen LogP contribution in [0.5, 0.6) is 5.75 Å². The third kappa shape index (κ3) is 3.31. The first kappa shape index (κ1) is 12.6. The van der Waals surface area contributed by atoms with E-state index in [-0.39, 0.29) is 11.9 Å². The Morgan fingerprint density at radius 1 is 1.17 bits per heavy atom. The van der Waals surface area contributed by atoms with Gasteiger partial charge >= 0.3 is 0 Å². The third-order valence-electron chi connectivity index (χ3n) is 2.72. The molecule has 0 spiro atoms. The van der Waals surface area contributed by atoms with Crippen LogP contribution in [-0.4, -0.2) is 6.61 Å². The van der Waals surface area contributed by atoms with E-state index in [1.807, 2.05) is 31.2 Å². The van der Waals surface area contributed by atoms with Gasteiger partial charge in [-0.1, -0.05) is 24.3 Å². The Kier molecular flexibility index (Phi) is 3.95. The normalized spacial score (nSPS) is 12.2. The summed E-state index contributed by atoms with van der Waals surface area (Å²) in [5.74, 6) is 0.540. The summed E-state index contributed by atoms with van der Waals surface area (Å²) in [5.41, 5.74) is 7.99. The predicted octanol–water partition coefficient (Wildman–Crippen LogP) is 3.21. The van der Waals surface area contributed by atoms with Crippen molar-refractivity contribution in [3.63, 3.8) is 0 Å². The van der Waals surface area contributed by atoms with Gasteiger partial charge in [0.15, 0.2) is 0 Å². The first-order chi connectivity index (χ1) is 8.65. The first-order valence-electron chi connectivity index (χ1n) is 5.85. The molecule has 0 fully saturated rings. The molecule has 0 saturated heterocycles. The van der Waals surface area contributed by atoms with Crippen molar-refractivity contribution in [2.24, 2.45) is 5.73 Å². The maximum Gasteiger partial charge on any atom is 0.123 e. The summed E-state index contributed by atoms with van der Waals surface area (Å²) in [5, 5.41) is 0. The molecule has 0 heterocycles. The summed E-state index contributed by atoms with van der Waals surface area (Å²) < 4.78 is 18.4. The lowest BCUT2D eigenvalue weighted by Crippen LogP contribution is -2.18. The fourth-order valence-electron chi connectivity index (χ4n) is 1.70. The zero-order valence-electron chi connectivity index (χ0n) is 10.3. The smallest absolute Gasteiger partial charge is 0.123 e. The Balaban J connectivity index is 1.96. The van der Waals surface area contributed by atoms with E-state index in [0.29, 0.717) is 6.61 Å². The standard InChI is InChI=1S/C15H16FNO/c1-11-3-2-4-14(9-11)18-10-15(17)12-5-7-13(16)8-6-12/h2-9,15H,10,17H2,1H3. The number of benzene rings is 2. The summed E-state index contributed by atoms with van der Waals surface area (Å²) in [6.07, 6.45) is 0. The van der Waals surface area contributed by atoms with E-state index in [4.69, 9.17) is 10.5 Å². The highest BCUT2D eigenvalue weighted by Gasteiger charge is 2.07. The maximum atomic E-state index is 12.8. The second-order valence-electron chi connectivity index (χ2n) is 4.29. The zero-order chi connectivity index (χ0) is 13.0. The molecular formula is C15H16FNO. The van der Waals surface area contributed by atoms with Gasteiger partial charge in [0.2, 0.25) is 0 Å². The van der Waals surface area contributed by atoms with Crippen LogP contribution in [0.4, 0.5) is 4.39 Å². The molecule has 0 aliphatic carbocycles. The molecule has 0 bridgehead atoms. The van der Waals surface area contributed by atoms with E-state index in [0.717, 1.165) is 16.9 Å². The highest BCUT2D eigenvalue weighted by molar-refractivity contribution is 5.27. The van der Waals surface area contributed by atoms with Gasteiger partial charge in [0.05, 0.1) is 6.04 Å². The Bertz CT molecular complexity index is 510. The number of hydrogen-bond acceptors (Lipinski definition) is 2. The van der Waals surface area contributed by atoms with E-state index >= 15 is 0 Å². The lowest BCUT2D eigenvalue weighted by molar-refractivity contribution is 0.290. The summed E-state index contributed by atoms with van der Waals surface area (Å²) in [4.78, 5) is 0. The molecule has 2 aromatic rings. The van der Waals surface area contributed by atoms with Gasteiger partial charge in [-0.25, -0.2) is 4.39 Å². The lowest BCUT2D eigenvalue weighted by Gasteiger charge is -2.13. The van der Waals surface area contributed by atoms with Gasteiger partial charge < -0.3 is 10.5 Å². The minimum Gasteiger partial charge on any atom is -0.492 e. The Morgan fingerprint density at radius 3 is 2.56 bits per heavy atom. The van der Waals surface area contributed by atoms with Crippen LogP contribution in [0.1, 0.15) is 17.2 Å². The van der Waals surface area contributed by atoms with Crippen molar-refractivity contribution < 1.29 is 9.13 Å². The van der Waals surface area contributed by atoms with Crippen molar-refractivity contribution in [2.45, 2.75) is 13.0 Å². The Hall–Kier alpha value is -1.87. The highest BCUT2D eigenvalue weighted by Crippen LogP contribution is 2.16. The van der Waals surface area contributed by atoms with Gasteiger partial charge in [-0.05, 0) is 42.3 Å². The van der Waals surface area contributed by atoms with E-state index < -0.39 is 0 Å². The minimum atomic E-state index is -0.259. The summed E-state index contributed by atoms with van der Waals surface area (Å²) in [7, 11) is 0. The van der Waals surface area contributed by atoms with Crippen LogP contribution in [0.25, 0.3) is 0 Å². The lowest BCUT2D eigenvalue weighted by atomic mass is 10.1. The fourth-order valence-corrected chi connectivity index (χ4v) is 1.70. The van der Waals surface area contributed by atoms with Crippen LogP contribution in [0.2, 0.25) is 0 Å². The quantitative estimate of drug-likeness (QED) is 0.897. The number of ether oxygens (including phenoxy) is 1. The van der Waals surface area contributed by atoms with Crippen LogP contribution in [0.3, 0.4) is 0 Å². The van der Waals surface area contributed by atoms with Crippen molar-refractivity contribution in [1.82, 2.24) is 0 Å². The van der Waals surface area contributed by atoms with Crippen molar-refractivity contribution in [3.05, 3.63) is 65.5 Å². The molecule has 1 atom stereocenters. The molecule has 0 amide bonds. The van der Waals surface area contributed by atoms with Crippen molar-refractivity contribution in [3.8, 4) is 5.75 Å². The highest BCUT2D eigenvalue weighted by atomic mass is 19.1. The number of hydrogen-bond donors (Lipinski definition) is 1. The zero-order valence-corrected chi connectivity index (χ0v) is 10.3. The van der Waals surface area contributed by atoms with Crippen LogP contribution < -0.4 is 10.5 Å². The van der Waals surface area contributed by atoms with Crippen LogP contribution in [-0.2, 0) is 0 Å². The minimum absolute atomic E-state index is 0.258. The molecule has 0 aliphatic heterocycles. The Labute approximate surface area is 106 Å². The topological polar surface area (TPSA) is 35.2 Å². The van der Waals surface area contributed by atoms with Gasteiger partial charge in [0.25, 0.3) is 0 Å². The van der Waals surface area contributed by atoms with E-state index in [1.165, 1.54) is 12.1 Å². The molecular weight excluding hydrogens is 229 g/mol. The van der Waals surface area contributed by atoms with Gasteiger partial charge in [-0.2, -0.15) is 0 Å². The van der Waals surface area contributed by atoms with E-state index in [1.54, 1.807) is 12.1 Å². The number of nitrogens with two attached hydrogens (primary N) is 1. The molecule has 2 rings (SSSR count). The van der Waals surface area contributed by atoms with Crippen LogP contribution in [0.15, 0.2) is 48.5 Å². The number of aryl methyl sites for hydroxylation is 1. The van der Waals surface area contributed by atoms with Crippen molar-refractivity contribution >= 4 is 0 Å². The largest absolute Gasteiger partial charge is 0.492 e. The van der Waals surface area contributed by atoms with Crippen LogP contribution in [0, 0.1) is 12.7 Å². The van der Waals surface area contributed by atoms with Crippen LogP contribution >= 0.6 is 0 Å². The van der Waals surface area contributed by atoms with E-state index in [9.17, 15) is 4.39 Å². The average Bonchev–Trinajstić information content (AvgIpc) is 2.37. The molecule has 3 heteroatoms. The Morgan fingerprint density at radius 2 is 1.89 bits per heavy atom. The molecule has 1 unspecified atom stereocenters. The van der Waals surface area contributed by atoms with E-state index in [2.05, 4.69) is 0 Å². The SMILES string of the molecule is Cc1cccc(OCC(N)c2ccc(F)cc2)c1. The summed E-state index contributed by atoms with van der Waals surface area (Å²) >= 11 is 0. The summed E-state index contributed by atoms with van der Waals surface area (Å²) in [6, 6.07) is 13.7. The molecule has 0 aliphatic rings. The molecule has 2 N–H and O–H groups in total. The maximum absolute atomic E-state index is 12.8. The van der Waals surface area contributed by atoms with Gasteiger partial charge in [0, 0.05) is 0 Å². The monoisotopic (exact) mass is 245 g/mol. The molecule has 18 heavy (non-hydrogen) atoms. The van der Waals surface area contributed by atoms with Crippen molar-refractivity contribution in [1.29, 1.82) is 0 Å². The van der Waals surface area contributed by atoms with Gasteiger partial charge in [0.1, 0.15) is 18.2 Å². The average molecular weight is 245 g/mol. The summed E-state index contributed by atoms with van der Waals surface area (Å²) in [6.45, 7) is 2.38. The molecule has 2 nitrogen and oxygen atoms in total. The second-order valence-corrected chi connectivity index (χ2v) is 4.29. The number of halogens is 1. The number of rotatable bonds is 4. The molecule has 0 saturated carbocycles. The molecule has 0 radical (unpaired) electrons. The second kappa shape index (κ2) is 5.65. The van der Waals surface area contributed by atoms with Crippen molar-refractivity contribution in [2.75, 3.05) is 6.61 Å². The van der Waals surface area contributed by atoms with Gasteiger partial charge in [-0.15, -0.1) is 0 Å². The molecule has 94 valence electrons. The predicted molar refractivity (Wildman–Crippen MR) is 70.0 cm³/mol. The molecule has 2 aromatic carbocycles.